The second-order valence-electron chi connectivity index (χ2n) is 5.42. The largest absolute Gasteiger partial charge is 0.444 e. The third-order valence-corrected chi connectivity index (χ3v) is 2.35. The topological polar surface area (TPSA) is 58.6 Å². The Morgan fingerprint density at radius 3 is 2.68 bits per heavy atom. The van der Waals surface area contributed by atoms with E-state index in [2.05, 4.69) is 5.32 Å². The standard InChI is InChI=1S/C14H20FNO3/c1-9-5-6-11(15)10(7-9)12(17)8-16-13(18)19-14(2,3)4/h5-7,12,17H,8H2,1-4H3,(H,16,18)/t12-/m1/s1. The maximum absolute atomic E-state index is 13.5. The zero-order valence-corrected chi connectivity index (χ0v) is 11.7. The Kier molecular flexibility index (Phi) is 4.89. The molecule has 0 fully saturated rings. The Morgan fingerprint density at radius 2 is 2.11 bits per heavy atom. The summed E-state index contributed by atoms with van der Waals surface area (Å²) >= 11 is 0. The van der Waals surface area contributed by atoms with Gasteiger partial charge in [-0.25, -0.2) is 9.18 Å². The van der Waals surface area contributed by atoms with Gasteiger partial charge in [0.25, 0.3) is 0 Å². The van der Waals surface area contributed by atoms with Gasteiger partial charge in [-0.2, -0.15) is 0 Å². The van der Waals surface area contributed by atoms with Crippen molar-refractivity contribution in [1.82, 2.24) is 5.32 Å². The van der Waals surface area contributed by atoms with Gasteiger partial charge in [-0.05, 0) is 33.8 Å². The van der Waals surface area contributed by atoms with Crippen molar-refractivity contribution >= 4 is 6.09 Å². The maximum Gasteiger partial charge on any atom is 0.407 e. The molecule has 106 valence electrons. The highest BCUT2D eigenvalue weighted by molar-refractivity contribution is 5.67. The van der Waals surface area contributed by atoms with Crippen LogP contribution in [0.15, 0.2) is 18.2 Å². The molecule has 1 amide bonds. The molecule has 0 heterocycles. The molecule has 1 aromatic carbocycles. The molecule has 0 unspecified atom stereocenters. The number of amides is 1. The van der Waals surface area contributed by atoms with E-state index < -0.39 is 23.6 Å². The number of benzene rings is 1. The quantitative estimate of drug-likeness (QED) is 0.887. The monoisotopic (exact) mass is 269 g/mol. The molecular weight excluding hydrogens is 249 g/mol. The smallest absolute Gasteiger partial charge is 0.407 e. The van der Waals surface area contributed by atoms with Crippen LogP contribution in [0.1, 0.15) is 38.0 Å². The fourth-order valence-corrected chi connectivity index (χ4v) is 1.52. The first-order chi connectivity index (χ1) is 8.69. The van der Waals surface area contributed by atoms with Crippen molar-refractivity contribution in [2.75, 3.05) is 6.54 Å². The Balaban J connectivity index is 2.58. The van der Waals surface area contributed by atoms with E-state index >= 15 is 0 Å². The number of hydrogen-bond acceptors (Lipinski definition) is 3. The molecule has 2 N–H and O–H groups in total. The minimum absolute atomic E-state index is 0.102. The number of carbonyl (C=O) groups excluding carboxylic acids is 1. The number of aliphatic hydroxyl groups excluding tert-OH is 1. The number of ether oxygens (including phenoxy) is 1. The Hall–Kier alpha value is -1.62. The highest BCUT2D eigenvalue weighted by Gasteiger charge is 2.18. The summed E-state index contributed by atoms with van der Waals surface area (Å²) in [4.78, 5) is 11.4. The van der Waals surface area contributed by atoms with Crippen molar-refractivity contribution in [2.24, 2.45) is 0 Å². The number of aryl methyl sites for hydroxylation is 1. The van der Waals surface area contributed by atoms with Crippen molar-refractivity contribution in [1.29, 1.82) is 0 Å². The molecule has 5 heteroatoms. The molecule has 0 aliphatic rings. The van der Waals surface area contributed by atoms with Crippen LogP contribution in [-0.2, 0) is 4.74 Å². The molecule has 0 saturated carbocycles. The molecule has 1 aromatic rings. The highest BCUT2D eigenvalue weighted by atomic mass is 19.1. The van der Waals surface area contributed by atoms with Crippen molar-refractivity contribution in [3.05, 3.63) is 35.1 Å². The normalized spacial score (nSPS) is 12.9. The zero-order chi connectivity index (χ0) is 14.6. The molecule has 1 rings (SSSR count). The summed E-state index contributed by atoms with van der Waals surface area (Å²) in [5.41, 5.74) is 0.396. The van der Waals surface area contributed by atoms with Crippen molar-refractivity contribution in [3.8, 4) is 0 Å². The second kappa shape index (κ2) is 6.02. The van der Waals surface area contributed by atoms with Crippen LogP contribution in [0.2, 0.25) is 0 Å². The molecular formula is C14H20FNO3. The first-order valence-corrected chi connectivity index (χ1v) is 6.10. The van der Waals surface area contributed by atoms with E-state index in [0.29, 0.717) is 0 Å². The van der Waals surface area contributed by atoms with Crippen LogP contribution in [0.5, 0.6) is 0 Å². The molecule has 0 aromatic heterocycles. The SMILES string of the molecule is Cc1ccc(F)c([C@H](O)CNC(=O)OC(C)(C)C)c1. The molecule has 0 saturated heterocycles. The maximum atomic E-state index is 13.5. The van der Waals surface area contributed by atoms with Crippen LogP contribution in [-0.4, -0.2) is 23.3 Å². The third-order valence-electron chi connectivity index (χ3n) is 2.35. The van der Waals surface area contributed by atoms with Gasteiger partial charge in [0.1, 0.15) is 11.4 Å². The molecule has 0 radical (unpaired) electrons. The van der Waals surface area contributed by atoms with Gasteiger partial charge in [0, 0.05) is 5.56 Å². The van der Waals surface area contributed by atoms with Crippen LogP contribution < -0.4 is 5.32 Å². The number of aliphatic hydroxyl groups is 1. The predicted molar refractivity (Wildman–Crippen MR) is 70.3 cm³/mol. The summed E-state index contributed by atoms with van der Waals surface area (Å²) in [6.45, 7) is 6.92. The summed E-state index contributed by atoms with van der Waals surface area (Å²) < 4.78 is 18.5. The highest BCUT2D eigenvalue weighted by Crippen LogP contribution is 2.18. The zero-order valence-electron chi connectivity index (χ0n) is 11.7. The minimum Gasteiger partial charge on any atom is -0.444 e. The lowest BCUT2D eigenvalue weighted by atomic mass is 10.1. The first-order valence-electron chi connectivity index (χ1n) is 6.10. The number of halogens is 1. The van der Waals surface area contributed by atoms with Gasteiger partial charge in [0.05, 0.1) is 12.6 Å². The number of nitrogens with one attached hydrogen (secondary N) is 1. The molecule has 19 heavy (non-hydrogen) atoms. The number of carbonyl (C=O) groups is 1. The molecule has 4 nitrogen and oxygen atoms in total. The fraction of sp³-hybridized carbons (Fsp3) is 0.500. The number of hydrogen-bond donors (Lipinski definition) is 2. The van der Waals surface area contributed by atoms with E-state index in [9.17, 15) is 14.3 Å². The van der Waals surface area contributed by atoms with Gasteiger partial charge in [-0.15, -0.1) is 0 Å². The Bertz CT molecular complexity index is 454. The number of alkyl carbamates (subject to hydrolysis) is 1. The molecule has 1 atom stereocenters. The third kappa shape index (κ3) is 5.26. The van der Waals surface area contributed by atoms with Gasteiger partial charge in [-0.3, -0.25) is 0 Å². The van der Waals surface area contributed by atoms with E-state index in [0.717, 1.165) is 5.56 Å². The second-order valence-corrected chi connectivity index (χ2v) is 5.42. The summed E-state index contributed by atoms with van der Waals surface area (Å²) in [5.74, 6) is -0.496. The molecule has 0 aliphatic heterocycles. The van der Waals surface area contributed by atoms with Crippen LogP contribution in [0, 0.1) is 12.7 Å². The van der Waals surface area contributed by atoms with Crippen LogP contribution >= 0.6 is 0 Å². The summed E-state index contributed by atoms with van der Waals surface area (Å²) in [6.07, 6.45) is -1.74. The van der Waals surface area contributed by atoms with Crippen molar-refractivity contribution in [3.63, 3.8) is 0 Å². The van der Waals surface area contributed by atoms with Gasteiger partial charge >= 0.3 is 6.09 Å². The average Bonchev–Trinajstić information content (AvgIpc) is 2.27. The predicted octanol–water partition coefficient (Wildman–Crippen LogP) is 2.69. The lowest BCUT2D eigenvalue weighted by Crippen LogP contribution is -2.35. The summed E-state index contributed by atoms with van der Waals surface area (Å²) in [5, 5.41) is 12.3. The van der Waals surface area contributed by atoms with Crippen molar-refractivity contribution < 1.29 is 19.0 Å². The van der Waals surface area contributed by atoms with E-state index in [1.807, 2.05) is 0 Å². The minimum atomic E-state index is -1.10. The Labute approximate surface area is 112 Å². The Morgan fingerprint density at radius 1 is 1.47 bits per heavy atom. The van der Waals surface area contributed by atoms with Gasteiger partial charge in [0.2, 0.25) is 0 Å². The summed E-state index contributed by atoms with van der Waals surface area (Å²) in [7, 11) is 0. The van der Waals surface area contributed by atoms with E-state index in [4.69, 9.17) is 4.74 Å². The fourth-order valence-electron chi connectivity index (χ4n) is 1.52. The lowest BCUT2D eigenvalue weighted by Gasteiger charge is -2.20. The number of rotatable bonds is 3. The van der Waals surface area contributed by atoms with Gasteiger partial charge in [-0.1, -0.05) is 17.7 Å². The van der Waals surface area contributed by atoms with E-state index in [1.165, 1.54) is 6.07 Å². The van der Waals surface area contributed by atoms with E-state index in [-0.39, 0.29) is 12.1 Å². The average molecular weight is 269 g/mol. The van der Waals surface area contributed by atoms with Crippen LogP contribution in [0.4, 0.5) is 9.18 Å². The van der Waals surface area contributed by atoms with E-state index in [1.54, 1.807) is 39.8 Å². The first kappa shape index (κ1) is 15.4. The van der Waals surface area contributed by atoms with Crippen molar-refractivity contribution in [2.45, 2.75) is 39.4 Å². The molecule has 0 spiro atoms. The van der Waals surface area contributed by atoms with Crippen LogP contribution in [0.3, 0.4) is 0 Å². The summed E-state index contributed by atoms with van der Waals surface area (Å²) in [6, 6.07) is 4.46. The molecule has 0 aliphatic carbocycles. The lowest BCUT2D eigenvalue weighted by molar-refractivity contribution is 0.0490. The van der Waals surface area contributed by atoms with Crippen LogP contribution in [0.25, 0.3) is 0 Å². The van der Waals surface area contributed by atoms with Gasteiger partial charge < -0.3 is 15.2 Å². The molecule has 0 bridgehead atoms. The van der Waals surface area contributed by atoms with Gasteiger partial charge in [0.15, 0.2) is 0 Å².